The van der Waals surface area contributed by atoms with E-state index in [1.165, 1.54) is 12.1 Å². The van der Waals surface area contributed by atoms with Gasteiger partial charge in [0.15, 0.2) is 11.5 Å². The molecule has 5 rings (SSSR count). The Kier molecular flexibility index (Phi) is 4.10. The molecule has 0 bridgehead atoms. The predicted octanol–water partition coefficient (Wildman–Crippen LogP) is 4.53. The third-order valence-corrected chi connectivity index (χ3v) is 5.01. The molecule has 3 aromatic heterocycles. The van der Waals surface area contributed by atoms with E-state index in [-0.39, 0.29) is 5.82 Å². The molecule has 0 amide bonds. The summed E-state index contributed by atoms with van der Waals surface area (Å²) in [5.41, 5.74) is 6.60. The molecule has 0 atom stereocenters. The molecular formula is C22H18FN5O. The van der Waals surface area contributed by atoms with Gasteiger partial charge in [-0.3, -0.25) is 5.10 Å². The van der Waals surface area contributed by atoms with Gasteiger partial charge in [-0.1, -0.05) is 12.1 Å². The Balaban J connectivity index is 1.83. The zero-order valence-corrected chi connectivity index (χ0v) is 16.0. The molecule has 29 heavy (non-hydrogen) atoms. The summed E-state index contributed by atoms with van der Waals surface area (Å²) < 4.78 is 20.5. The van der Waals surface area contributed by atoms with Crippen molar-refractivity contribution in [1.29, 1.82) is 0 Å². The van der Waals surface area contributed by atoms with Gasteiger partial charge in [-0.15, -0.1) is 5.10 Å². The van der Waals surface area contributed by atoms with Crippen molar-refractivity contribution in [1.82, 2.24) is 24.8 Å². The number of methoxy groups -OCH3 is 1. The van der Waals surface area contributed by atoms with Crippen LogP contribution in [0.3, 0.4) is 0 Å². The quantitative estimate of drug-likeness (QED) is 0.492. The Morgan fingerprint density at radius 1 is 1.10 bits per heavy atom. The molecule has 5 aromatic rings. The van der Waals surface area contributed by atoms with E-state index in [0.29, 0.717) is 12.4 Å². The summed E-state index contributed by atoms with van der Waals surface area (Å²) in [4.78, 5) is 4.71. The van der Waals surface area contributed by atoms with E-state index in [4.69, 9.17) is 9.72 Å². The van der Waals surface area contributed by atoms with Crippen LogP contribution < -0.4 is 0 Å². The number of aromatic amines is 1. The fourth-order valence-electron chi connectivity index (χ4n) is 3.72. The van der Waals surface area contributed by atoms with E-state index >= 15 is 0 Å². The highest BCUT2D eigenvalue weighted by molar-refractivity contribution is 5.96. The summed E-state index contributed by atoms with van der Waals surface area (Å²) in [6, 6.07) is 12.7. The standard InChI is InChI=1S/C22H18FN5O/c1-13-9-15(10-16-11-24-26-21(13)16)20-18(14-3-5-17(23)6-4-14)7-8-28-22(20)25-19(27-28)12-29-2/h3-11H,12H2,1-2H3,(H,24,26). The maximum Gasteiger partial charge on any atom is 0.177 e. The van der Waals surface area contributed by atoms with Gasteiger partial charge in [0.25, 0.3) is 0 Å². The molecule has 0 aliphatic heterocycles. The Labute approximate surface area is 166 Å². The van der Waals surface area contributed by atoms with E-state index < -0.39 is 0 Å². The van der Waals surface area contributed by atoms with Crippen LogP contribution in [0.4, 0.5) is 4.39 Å². The molecule has 0 saturated carbocycles. The maximum absolute atomic E-state index is 13.5. The first kappa shape index (κ1) is 17.5. The maximum atomic E-state index is 13.5. The van der Waals surface area contributed by atoms with Crippen molar-refractivity contribution in [3.63, 3.8) is 0 Å². The zero-order chi connectivity index (χ0) is 20.0. The van der Waals surface area contributed by atoms with Gasteiger partial charge in [0.05, 0.1) is 11.7 Å². The van der Waals surface area contributed by atoms with Crippen LogP contribution in [-0.2, 0) is 11.3 Å². The van der Waals surface area contributed by atoms with Crippen LogP contribution in [0.25, 0.3) is 38.8 Å². The van der Waals surface area contributed by atoms with E-state index in [1.54, 1.807) is 23.8 Å². The number of hydrogen-bond donors (Lipinski definition) is 1. The lowest BCUT2D eigenvalue weighted by Crippen LogP contribution is -1.95. The molecule has 0 radical (unpaired) electrons. The second-order valence-corrected chi connectivity index (χ2v) is 6.97. The first-order valence-corrected chi connectivity index (χ1v) is 9.21. The number of benzene rings is 2. The van der Waals surface area contributed by atoms with Crippen molar-refractivity contribution in [2.75, 3.05) is 7.11 Å². The van der Waals surface area contributed by atoms with Crippen LogP contribution in [0.5, 0.6) is 0 Å². The second kappa shape index (κ2) is 6.79. The number of H-pyrrole nitrogens is 1. The molecule has 2 aromatic carbocycles. The topological polar surface area (TPSA) is 68.1 Å². The predicted molar refractivity (Wildman–Crippen MR) is 109 cm³/mol. The minimum Gasteiger partial charge on any atom is -0.377 e. The van der Waals surface area contributed by atoms with Gasteiger partial charge in [0.2, 0.25) is 0 Å². The minimum absolute atomic E-state index is 0.267. The number of nitrogens with one attached hydrogen (secondary N) is 1. The molecule has 1 N–H and O–H groups in total. The number of aryl methyl sites for hydroxylation is 1. The number of pyridine rings is 1. The van der Waals surface area contributed by atoms with Gasteiger partial charge in [-0.2, -0.15) is 5.10 Å². The molecule has 3 heterocycles. The first-order valence-electron chi connectivity index (χ1n) is 9.21. The monoisotopic (exact) mass is 387 g/mol. The van der Waals surface area contributed by atoms with Crippen LogP contribution in [0, 0.1) is 12.7 Å². The van der Waals surface area contributed by atoms with Gasteiger partial charge in [0.1, 0.15) is 12.4 Å². The summed E-state index contributed by atoms with van der Waals surface area (Å²) in [6.45, 7) is 2.37. The molecule has 7 heteroatoms. The summed E-state index contributed by atoms with van der Waals surface area (Å²) in [5.74, 6) is 0.336. The minimum atomic E-state index is -0.267. The van der Waals surface area contributed by atoms with Gasteiger partial charge in [0, 0.05) is 24.3 Å². The van der Waals surface area contributed by atoms with Gasteiger partial charge in [-0.25, -0.2) is 13.9 Å². The SMILES string of the molecule is COCc1nc2c(-c3cc(C)c4[nH]ncc4c3)c(-c3ccc(F)cc3)ccn2n1. The second-order valence-electron chi connectivity index (χ2n) is 6.97. The average Bonchev–Trinajstić information content (AvgIpc) is 3.34. The molecule has 144 valence electrons. The number of halogens is 1. The zero-order valence-electron chi connectivity index (χ0n) is 16.0. The highest BCUT2D eigenvalue weighted by atomic mass is 19.1. The lowest BCUT2D eigenvalue weighted by molar-refractivity contribution is 0.178. The number of nitrogens with zero attached hydrogens (tertiary/aromatic N) is 4. The molecule has 0 aliphatic rings. The van der Waals surface area contributed by atoms with Gasteiger partial charge >= 0.3 is 0 Å². The number of fused-ring (bicyclic) bond motifs is 2. The average molecular weight is 387 g/mol. The number of rotatable bonds is 4. The number of ether oxygens (including phenoxy) is 1. The Hall–Kier alpha value is -3.58. The van der Waals surface area contributed by atoms with E-state index in [1.807, 2.05) is 25.4 Å². The van der Waals surface area contributed by atoms with Crippen LogP contribution >= 0.6 is 0 Å². The van der Waals surface area contributed by atoms with E-state index in [2.05, 4.69) is 27.4 Å². The fourth-order valence-corrected chi connectivity index (χ4v) is 3.72. The van der Waals surface area contributed by atoms with E-state index in [0.717, 1.165) is 44.4 Å². The Morgan fingerprint density at radius 2 is 1.93 bits per heavy atom. The molecular weight excluding hydrogens is 369 g/mol. The summed E-state index contributed by atoms with van der Waals surface area (Å²) >= 11 is 0. The third kappa shape index (κ3) is 2.96. The molecule has 0 aliphatic carbocycles. The first-order chi connectivity index (χ1) is 14.1. The van der Waals surface area contributed by atoms with Crippen molar-refractivity contribution in [3.8, 4) is 22.3 Å². The van der Waals surface area contributed by atoms with Crippen LogP contribution in [-0.4, -0.2) is 31.9 Å². The van der Waals surface area contributed by atoms with Crippen molar-refractivity contribution < 1.29 is 9.13 Å². The smallest absolute Gasteiger partial charge is 0.177 e. The van der Waals surface area contributed by atoms with Crippen LogP contribution in [0.1, 0.15) is 11.4 Å². The fraction of sp³-hybridized carbons (Fsp3) is 0.136. The molecule has 0 unspecified atom stereocenters. The van der Waals surface area contributed by atoms with Crippen molar-refractivity contribution in [2.45, 2.75) is 13.5 Å². The molecule has 6 nitrogen and oxygen atoms in total. The van der Waals surface area contributed by atoms with Gasteiger partial charge < -0.3 is 4.74 Å². The molecule has 0 fully saturated rings. The van der Waals surface area contributed by atoms with Crippen molar-refractivity contribution in [3.05, 3.63) is 72.1 Å². The summed E-state index contributed by atoms with van der Waals surface area (Å²) in [7, 11) is 1.62. The van der Waals surface area contributed by atoms with Gasteiger partial charge in [-0.05, 0) is 59.5 Å². The van der Waals surface area contributed by atoms with Crippen molar-refractivity contribution in [2.24, 2.45) is 0 Å². The normalized spacial score (nSPS) is 11.6. The molecule has 0 saturated heterocycles. The largest absolute Gasteiger partial charge is 0.377 e. The number of hydrogen-bond acceptors (Lipinski definition) is 4. The Morgan fingerprint density at radius 3 is 2.72 bits per heavy atom. The summed E-state index contributed by atoms with van der Waals surface area (Å²) in [6.07, 6.45) is 3.68. The van der Waals surface area contributed by atoms with Crippen molar-refractivity contribution >= 4 is 16.6 Å². The van der Waals surface area contributed by atoms with Crippen LogP contribution in [0.2, 0.25) is 0 Å². The summed E-state index contributed by atoms with van der Waals surface area (Å²) in [5, 5.41) is 12.7. The van der Waals surface area contributed by atoms with Crippen LogP contribution in [0.15, 0.2) is 54.9 Å². The number of aromatic nitrogens is 5. The lowest BCUT2D eigenvalue weighted by Gasteiger charge is -2.12. The highest BCUT2D eigenvalue weighted by Crippen LogP contribution is 2.37. The lowest BCUT2D eigenvalue weighted by atomic mass is 9.94. The third-order valence-electron chi connectivity index (χ3n) is 5.01. The Bertz CT molecular complexity index is 1340. The van der Waals surface area contributed by atoms with E-state index in [9.17, 15) is 4.39 Å². The molecule has 0 spiro atoms. The highest BCUT2D eigenvalue weighted by Gasteiger charge is 2.17.